The molecular weight excluding hydrogens is 400 g/mol. The van der Waals surface area contributed by atoms with Gasteiger partial charge in [0.25, 0.3) is 11.8 Å². The molecule has 31 heavy (non-hydrogen) atoms. The molecule has 160 valence electrons. The van der Waals surface area contributed by atoms with Gasteiger partial charge in [-0.15, -0.1) is 0 Å². The van der Waals surface area contributed by atoms with Crippen LogP contribution in [0.2, 0.25) is 0 Å². The van der Waals surface area contributed by atoms with Crippen molar-refractivity contribution in [3.63, 3.8) is 0 Å². The average molecular weight is 422 g/mol. The molecule has 1 saturated heterocycles. The molecule has 0 radical (unpaired) electrons. The van der Waals surface area contributed by atoms with E-state index in [-0.39, 0.29) is 30.7 Å². The first-order valence-electron chi connectivity index (χ1n) is 10.1. The third kappa shape index (κ3) is 4.25. The molecule has 0 bridgehead atoms. The van der Waals surface area contributed by atoms with Crippen LogP contribution in [0.15, 0.2) is 36.5 Å². The van der Waals surface area contributed by atoms with Gasteiger partial charge in [-0.2, -0.15) is 0 Å². The monoisotopic (exact) mass is 422 g/mol. The lowest BCUT2D eigenvalue weighted by Crippen LogP contribution is -2.52. The summed E-state index contributed by atoms with van der Waals surface area (Å²) in [7, 11) is 0. The molecule has 0 spiro atoms. The van der Waals surface area contributed by atoms with Crippen molar-refractivity contribution in [2.24, 2.45) is 0 Å². The van der Waals surface area contributed by atoms with E-state index in [0.29, 0.717) is 36.6 Å². The smallest absolute Gasteiger partial charge is 0.255 e. The lowest BCUT2D eigenvalue weighted by atomic mass is 10.0. The van der Waals surface area contributed by atoms with E-state index in [1.54, 1.807) is 24.3 Å². The molecule has 0 aliphatic carbocycles. The minimum absolute atomic E-state index is 0.216. The summed E-state index contributed by atoms with van der Waals surface area (Å²) in [6, 6.07) is 7.99. The Balaban J connectivity index is 1.39. The van der Waals surface area contributed by atoms with Crippen LogP contribution < -0.4 is 15.4 Å². The number of nitrogens with one attached hydrogen (secondary N) is 2. The van der Waals surface area contributed by atoms with Crippen LogP contribution in [-0.4, -0.2) is 46.2 Å². The molecule has 4 rings (SSSR count). The zero-order valence-electron chi connectivity index (χ0n) is 17.0. The first kappa shape index (κ1) is 20.5. The van der Waals surface area contributed by atoms with Crippen LogP contribution in [0.1, 0.15) is 51.6 Å². The zero-order chi connectivity index (χ0) is 22.0. The number of rotatable bonds is 6. The Bertz CT molecular complexity index is 1050. The van der Waals surface area contributed by atoms with Crippen LogP contribution in [0, 0.1) is 0 Å². The van der Waals surface area contributed by atoms with Gasteiger partial charge in [0.2, 0.25) is 17.7 Å². The highest BCUT2D eigenvalue weighted by Crippen LogP contribution is 2.28. The van der Waals surface area contributed by atoms with Crippen molar-refractivity contribution in [1.29, 1.82) is 0 Å². The highest BCUT2D eigenvalue weighted by Gasteiger charge is 2.39. The van der Waals surface area contributed by atoms with Crippen molar-refractivity contribution in [3.8, 4) is 5.88 Å². The number of imide groups is 1. The molecule has 1 aromatic heterocycles. The molecule has 2 N–H and O–H groups in total. The molecule has 1 fully saturated rings. The zero-order valence-corrected chi connectivity index (χ0v) is 17.0. The summed E-state index contributed by atoms with van der Waals surface area (Å²) in [4.78, 5) is 54.2. The first-order valence-corrected chi connectivity index (χ1v) is 10.1. The van der Waals surface area contributed by atoms with Crippen LogP contribution in [-0.2, 0) is 22.7 Å². The maximum Gasteiger partial charge on any atom is 0.255 e. The Labute approximate surface area is 178 Å². The van der Waals surface area contributed by atoms with E-state index in [2.05, 4.69) is 15.6 Å². The van der Waals surface area contributed by atoms with Crippen LogP contribution in [0.4, 0.5) is 0 Å². The second-order valence-electron chi connectivity index (χ2n) is 7.39. The fourth-order valence-electron chi connectivity index (χ4n) is 3.77. The quantitative estimate of drug-likeness (QED) is 0.675. The van der Waals surface area contributed by atoms with Gasteiger partial charge in [-0.25, -0.2) is 4.98 Å². The number of aromatic nitrogens is 1. The number of fused-ring (bicyclic) bond motifs is 1. The number of carbonyl (C=O) groups is 4. The molecule has 2 aliphatic rings. The lowest BCUT2D eigenvalue weighted by Gasteiger charge is -2.29. The van der Waals surface area contributed by atoms with E-state index in [1.807, 2.05) is 13.0 Å². The van der Waals surface area contributed by atoms with Gasteiger partial charge in [-0.3, -0.25) is 24.5 Å². The van der Waals surface area contributed by atoms with Gasteiger partial charge in [0.1, 0.15) is 6.04 Å². The fraction of sp³-hybridized carbons (Fsp3) is 0.318. The number of hydrogen-bond acceptors (Lipinski definition) is 6. The molecule has 1 unspecified atom stereocenters. The summed E-state index contributed by atoms with van der Waals surface area (Å²) < 4.78 is 5.27. The van der Waals surface area contributed by atoms with Gasteiger partial charge in [0.15, 0.2) is 0 Å². The van der Waals surface area contributed by atoms with E-state index in [1.165, 1.54) is 11.1 Å². The van der Waals surface area contributed by atoms with Crippen LogP contribution in [0.3, 0.4) is 0 Å². The Morgan fingerprint density at radius 3 is 2.81 bits per heavy atom. The largest absolute Gasteiger partial charge is 0.478 e. The molecule has 3 heterocycles. The number of pyridine rings is 1. The SMILES string of the molecule is CCOc1ccc(C(=O)NCc2ccc3c(c2)CN(C2CCC(=O)NC2=O)C3=O)cn1. The van der Waals surface area contributed by atoms with Gasteiger partial charge >= 0.3 is 0 Å². The number of amides is 4. The number of carbonyl (C=O) groups excluding carboxylic acids is 4. The topological polar surface area (TPSA) is 118 Å². The minimum atomic E-state index is -0.645. The normalized spacial score (nSPS) is 17.9. The third-order valence-electron chi connectivity index (χ3n) is 5.33. The van der Waals surface area contributed by atoms with Crippen molar-refractivity contribution < 1.29 is 23.9 Å². The van der Waals surface area contributed by atoms with E-state index in [9.17, 15) is 19.2 Å². The predicted molar refractivity (Wildman–Crippen MR) is 109 cm³/mol. The molecular formula is C22H22N4O5. The number of hydrogen-bond donors (Lipinski definition) is 2. The van der Waals surface area contributed by atoms with E-state index >= 15 is 0 Å². The predicted octanol–water partition coefficient (Wildman–Crippen LogP) is 1.17. The second-order valence-corrected chi connectivity index (χ2v) is 7.39. The third-order valence-corrected chi connectivity index (χ3v) is 5.33. The summed E-state index contributed by atoms with van der Waals surface area (Å²) in [6.45, 7) is 2.94. The number of ether oxygens (including phenoxy) is 1. The summed E-state index contributed by atoms with van der Waals surface area (Å²) in [6.07, 6.45) is 2.00. The van der Waals surface area contributed by atoms with E-state index in [4.69, 9.17) is 4.74 Å². The summed E-state index contributed by atoms with van der Waals surface area (Å²) >= 11 is 0. The number of nitrogens with zero attached hydrogens (tertiary/aromatic N) is 2. The molecule has 2 aliphatic heterocycles. The minimum Gasteiger partial charge on any atom is -0.478 e. The molecule has 4 amide bonds. The number of benzene rings is 1. The van der Waals surface area contributed by atoms with E-state index in [0.717, 1.165) is 11.1 Å². The van der Waals surface area contributed by atoms with Gasteiger partial charge in [-0.1, -0.05) is 12.1 Å². The average Bonchev–Trinajstić information content (AvgIpc) is 3.08. The van der Waals surface area contributed by atoms with Crippen LogP contribution >= 0.6 is 0 Å². The van der Waals surface area contributed by atoms with Crippen molar-refractivity contribution in [1.82, 2.24) is 20.5 Å². The molecule has 1 aromatic carbocycles. The van der Waals surface area contributed by atoms with Gasteiger partial charge in [0, 0.05) is 37.3 Å². The Morgan fingerprint density at radius 2 is 2.10 bits per heavy atom. The molecule has 0 saturated carbocycles. The van der Waals surface area contributed by atoms with E-state index < -0.39 is 11.9 Å². The van der Waals surface area contributed by atoms with Crippen molar-refractivity contribution >= 4 is 23.6 Å². The summed E-state index contributed by atoms with van der Waals surface area (Å²) in [5.41, 5.74) is 2.59. The fourth-order valence-corrected chi connectivity index (χ4v) is 3.77. The number of piperidine rings is 1. The molecule has 9 nitrogen and oxygen atoms in total. The highest BCUT2D eigenvalue weighted by molar-refractivity contribution is 6.05. The van der Waals surface area contributed by atoms with Crippen molar-refractivity contribution in [2.75, 3.05) is 6.61 Å². The maximum atomic E-state index is 12.7. The van der Waals surface area contributed by atoms with Crippen molar-refractivity contribution in [3.05, 3.63) is 58.8 Å². The maximum absolute atomic E-state index is 12.7. The van der Waals surface area contributed by atoms with Crippen LogP contribution in [0.5, 0.6) is 5.88 Å². The Kier molecular flexibility index (Phi) is 5.66. The summed E-state index contributed by atoms with van der Waals surface area (Å²) in [5.74, 6) is -0.777. The van der Waals surface area contributed by atoms with Gasteiger partial charge in [-0.05, 0) is 36.6 Å². The lowest BCUT2D eigenvalue weighted by molar-refractivity contribution is -0.136. The molecule has 1 atom stereocenters. The first-order chi connectivity index (χ1) is 15.0. The standard InChI is InChI=1S/C22H22N4O5/c1-2-31-19-8-4-14(11-23-19)20(28)24-10-13-3-5-16-15(9-13)12-26(22(16)30)17-6-7-18(27)25-21(17)29/h3-5,8-9,11,17H,2,6-7,10,12H2,1H3,(H,24,28)(H,25,27,29). The summed E-state index contributed by atoms with van der Waals surface area (Å²) in [5, 5.41) is 5.13. The second kappa shape index (κ2) is 8.55. The van der Waals surface area contributed by atoms with Gasteiger partial charge < -0.3 is 15.0 Å². The molecule has 9 heteroatoms. The Morgan fingerprint density at radius 1 is 1.26 bits per heavy atom. The Hall–Kier alpha value is -3.75. The van der Waals surface area contributed by atoms with Crippen molar-refractivity contribution in [2.45, 2.75) is 38.9 Å². The molecule has 2 aromatic rings. The highest BCUT2D eigenvalue weighted by atomic mass is 16.5. The van der Waals surface area contributed by atoms with Gasteiger partial charge in [0.05, 0.1) is 12.2 Å². The van der Waals surface area contributed by atoms with Crippen LogP contribution in [0.25, 0.3) is 0 Å².